The number of aryl methyl sites for hydroxylation is 1. The van der Waals surface area contributed by atoms with Crippen molar-refractivity contribution in [3.8, 4) is 0 Å². The Morgan fingerprint density at radius 1 is 1.23 bits per heavy atom. The highest BCUT2D eigenvalue weighted by atomic mass is 16.6. The third-order valence-electron chi connectivity index (χ3n) is 5.93. The van der Waals surface area contributed by atoms with Gasteiger partial charge in [-0.2, -0.15) is 0 Å². The highest BCUT2D eigenvalue weighted by molar-refractivity contribution is 6.07. The Morgan fingerprint density at radius 2 is 1.97 bits per heavy atom. The highest BCUT2D eigenvalue weighted by Gasteiger charge is 2.35. The quantitative estimate of drug-likeness (QED) is 0.355. The van der Waals surface area contributed by atoms with Crippen LogP contribution in [0.25, 0.3) is 0 Å². The van der Waals surface area contributed by atoms with E-state index in [1.807, 2.05) is 18.2 Å². The fourth-order valence-corrected chi connectivity index (χ4v) is 4.07. The molecule has 160 valence electrons. The lowest BCUT2D eigenvalue weighted by Gasteiger charge is -2.38. The predicted molar refractivity (Wildman–Crippen MR) is 116 cm³/mol. The number of carbonyl (C=O) groups excluding carboxylic acids is 1. The summed E-state index contributed by atoms with van der Waals surface area (Å²) in [6.07, 6.45) is 4.84. The zero-order valence-electron chi connectivity index (χ0n) is 17.3. The van der Waals surface area contributed by atoms with Gasteiger partial charge in [0.25, 0.3) is 5.69 Å². The molecule has 0 aliphatic carbocycles. The summed E-state index contributed by atoms with van der Waals surface area (Å²) in [5, 5.41) is 15.1. The second kappa shape index (κ2) is 8.69. The summed E-state index contributed by atoms with van der Waals surface area (Å²) in [5.41, 5.74) is 1.51. The van der Waals surface area contributed by atoms with Crippen LogP contribution in [0.5, 0.6) is 0 Å². The van der Waals surface area contributed by atoms with Crippen molar-refractivity contribution >= 4 is 17.2 Å². The van der Waals surface area contributed by atoms with E-state index in [4.69, 9.17) is 4.74 Å². The van der Waals surface area contributed by atoms with E-state index in [1.165, 1.54) is 17.8 Å². The molecule has 1 aliphatic rings. The van der Waals surface area contributed by atoms with Crippen molar-refractivity contribution in [1.29, 1.82) is 0 Å². The Balaban J connectivity index is 1.61. The van der Waals surface area contributed by atoms with E-state index < -0.39 is 4.92 Å². The molecule has 1 aliphatic heterocycles. The number of ketones is 1. The van der Waals surface area contributed by atoms with Gasteiger partial charge < -0.3 is 14.6 Å². The molecule has 1 aromatic heterocycles. The van der Waals surface area contributed by atoms with E-state index in [2.05, 4.69) is 22.4 Å². The number of hydrogen-bond donors (Lipinski definition) is 1. The third kappa shape index (κ3) is 4.20. The number of nitro benzene ring substituents is 1. The zero-order valence-corrected chi connectivity index (χ0v) is 17.3. The van der Waals surface area contributed by atoms with Gasteiger partial charge in [-0.05, 0) is 30.5 Å². The van der Waals surface area contributed by atoms with E-state index in [9.17, 15) is 14.9 Å². The minimum Gasteiger partial charge on any atom is -0.381 e. The van der Waals surface area contributed by atoms with Crippen molar-refractivity contribution in [2.75, 3.05) is 25.1 Å². The van der Waals surface area contributed by atoms with Crippen molar-refractivity contribution in [2.45, 2.75) is 18.3 Å². The maximum atomic E-state index is 12.7. The van der Waals surface area contributed by atoms with Gasteiger partial charge in [-0.1, -0.05) is 30.3 Å². The molecule has 0 spiro atoms. The summed E-state index contributed by atoms with van der Waals surface area (Å²) in [6.45, 7) is 1.83. The Labute approximate surface area is 180 Å². The summed E-state index contributed by atoms with van der Waals surface area (Å²) in [7, 11) is 1.71. The Hall–Kier alpha value is -3.52. The summed E-state index contributed by atoms with van der Waals surface area (Å²) >= 11 is 0. The van der Waals surface area contributed by atoms with Crippen molar-refractivity contribution in [3.05, 3.63) is 88.0 Å². The molecule has 0 unspecified atom stereocenters. The maximum Gasteiger partial charge on any atom is 0.293 e. The summed E-state index contributed by atoms with van der Waals surface area (Å²) in [5.74, 6) is -0.118. The second-order valence-corrected chi connectivity index (χ2v) is 7.79. The maximum absolute atomic E-state index is 12.7. The first kappa shape index (κ1) is 20.7. The SMILES string of the molecule is Cn1ccnc1C(=O)c1ccc(NCC2(c3ccccc3)CCOCC2)c([N+](=O)[O-])c1. The molecule has 8 heteroatoms. The lowest BCUT2D eigenvalue weighted by atomic mass is 9.74. The predicted octanol–water partition coefficient (Wildman–Crippen LogP) is 3.72. The van der Waals surface area contributed by atoms with Crippen LogP contribution in [0.15, 0.2) is 60.9 Å². The number of imidazole rings is 1. The van der Waals surface area contributed by atoms with Gasteiger partial charge in [0.2, 0.25) is 5.78 Å². The molecule has 3 aromatic rings. The van der Waals surface area contributed by atoms with E-state index in [0.29, 0.717) is 25.4 Å². The van der Waals surface area contributed by atoms with E-state index in [0.717, 1.165) is 12.8 Å². The molecule has 2 aromatic carbocycles. The summed E-state index contributed by atoms with van der Waals surface area (Å²) < 4.78 is 7.16. The van der Waals surface area contributed by atoms with Crippen LogP contribution in [0.4, 0.5) is 11.4 Å². The number of aromatic nitrogens is 2. The zero-order chi connectivity index (χ0) is 21.8. The molecule has 1 fully saturated rings. The van der Waals surface area contributed by atoms with Crippen molar-refractivity contribution in [1.82, 2.24) is 9.55 Å². The van der Waals surface area contributed by atoms with Gasteiger partial charge in [-0.15, -0.1) is 0 Å². The largest absolute Gasteiger partial charge is 0.381 e. The molecule has 0 radical (unpaired) electrons. The van der Waals surface area contributed by atoms with Gasteiger partial charge in [0.05, 0.1) is 4.92 Å². The van der Waals surface area contributed by atoms with Crippen LogP contribution in [0.3, 0.4) is 0 Å². The number of anilines is 1. The number of ether oxygens (including phenoxy) is 1. The first-order valence-corrected chi connectivity index (χ1v) is 10.2. The minimum atomic E-state index is -0.462. The van der Waals surface area contributed by atoms with Crippen molar-refractivity contribution in [3.63, 3.8) is 0 Å². The molecule has 0 bridgehead atoms. The molecule has 0 amide bonds. The number of hydrogen-bond acceptors (Lipinski definition) is 6. The molecule has 1 saturated heterocycles. The first-order chi connectivity index (χ1) is 15.0. The Kier molecular flexibility index (Phi) is 5.81. The van der Waals surface area contributed by atoms with Crippen LogP contribution in [0, 0.1) is 10.1 Å². The van der Waals surface area contributed by atoms with Gasteiger partial charge in [0, 0.05) is 56.2 Å². The number of nitro groups is 1. The fourth-order valence-electron chi connectivity index (χ4n) is 4.07. The lowest BCUT2D eigenvalue weighted by molar-refractivity contribution is -0.384. The van der Waals surface area contributed by atoms with E-state index >= 15 is 0 Å². The van der Waals surface area contributed by atoms with Gasteiger partial charge in [-0.3, -0.25) is 14.9 Å². The lowest BCUT2D eigenvalue weighted by Crippen LogP contribution is -2.40. The minimum absolute atomic E-state index is 0.129. The Bertz CT molecular complexity index is 1090. The van der Waals surface area contributed by atoms with Gasteiger partial charge in [0.1, 0.15) is 5.69 Å². The molecular weight excluding hydrogens is 396 g/mol. The third-order valence-corrected chi connectivity index (χ3v) is 5.93. The highest BCUT2D eigenvalue weighted by Crippen LogP contribution is 2.36. The number of benzene rings is 2. The number of rotatable bonds is 7. The van der Waals surface area contributed by atoms with Crippen LogP contribution < -0.4 is 5.32 Å². The standard InChI is InChI=1S/C23H24N4O4/c1-26-12-11-24-22(26)21(28)17-7-8-19(20(15-17)27(29)30)25-16-23(9-13-31-14-10-23)18-5-3-2-4-6-18/h2-8,11-12,15,25H,9-10,13-14,16H2,1H3. The smallest absolute Gasteiger partial charge is 0.293 e. The van der Waals surface area contributed by atoms with Crippen LogP contribution in [-0.4, -0.2) is 40.0 Å². The number of nitrogens with one attached hydrogen (secondary N) is 1. The monoisotopic (exact) mass is 420 g/mol. The van der Waals surface area contributed by atoms with Crippen LogP contribution >= 0.6 is 0 Å². The van der Waals surface area contributed by atoms with Crippen LogP contribution in [0.1, 0.15) is 34.6 Å². The number of carbonyl (C=O) groups is 1. The molecule has 1 N–H and O–H groups in total. The molecule has 4 rings (SSSR count). The number of nitrogens with zero attached hydrogens (tertiary/aromatic N) is 3. The van der Waals surface area contributed by atoms with E-state index in [1.54, 1.807) is 29.9 Å². The molecule has 31 heavy (non-hydrogen) atoms. The average Bonchev–Trinajstić information content (AvgIpc) is 3.24. The molecule has 2 heterocycles. The first-order valence-electron chi connectivity index (χ1n) is 10.2. The van der Waals surface area contributed by atoms with Crippen LogP contribution in [-0.2, 0) is 17.2 Å². The summed E-state index contributed by atoms with van der Waals surface area (Å²) in [4.78, 5) is 28.1. The second-order valence-electron chi connectivity index (χ2n) is 7.79. The average molecular weight is 420 g/mol. The normalized spacial score (nSPS) is 15.4. The van der Waals surface area contributed by atoms with Crippen molar-refractivity contribution < 1.29 is 14.5 Å². The van der Waals surface area contributed by atoms with Crippen LogP contribution in [0.2, 0.25) is 0 Å². The van der Waals surface area contributed by atoms with Crippen molar-refractivity contribution in [2.24, 2.45) is 7.05 Å². The fraction of sp³-hybridized carbons (Fsp3) is 0.304. The molecule has 0 atom stereocenters. The van der Waals surface area contributed by atoms with E-state index in [-0.39, 0.29) is 28.3 Å². The molecule has 0 saturated carbocycles. The van der Waals surface area contributed by atoms with Gasteiger partial charge >= 0.3 is 0 Å². The van der Waals surface area contributed by atoms with Gasteiger partial charge in [0.15, 0.2) is 5.82 Å². The molecule has 8 nitrogen and oxygen atoms in total. The molecular formula is C23H24N4O4. The van der Waals surface area contributed by atoms with Gasteiger partial charge in [-0.25, -0.2) is 4.98 Å². The summed E-state index contributed by atoms with van der Waals surface area (Å²) in [6, 6.07) is 14.7. The Morgan fingerprint density at radius 3 is 2.61 bits per heavy atom. The topological polar surface area (TPSA) is 99.3 Å².